The summed E-state index contributed by atoms with van der Waals surface area (Å²) in [5.74, 6) is -1.43. The Labute approximate surface area is 325 Å². The van der Waals surface area contributed by atoms with Gasteiger partial charge in [-0.3, -0.25) is 32.5 Å². The summed E-state index contributed by atoms with van der Waals surface area (Å²) < 4.78 is 62.0. The summed E-state index contributed by atoms with van der Waals surface area (Å²) in [4.78, 5) is 89.7. The van der Waals surface area contributed by atoms with Crippen LogP contribution >= 0.6 is 35.2 Å². The maximum atomic E-state index is 12.7. The lowest BCUT2D eigenvalue weighted by Gasteiger charge is -2.30. The van der Waals surface area contributed by atoms with Gasteiger partial charge in [0.1, 0.15) is 36.3 Å². The van der Waals surface area contributed by atoms with Gasteiger partial charge in [-0.1, -0.05) is 30.7 Å². The fourth-order valence-electron chi connectivity index (χ4n) is 4.74. The molecular formula is C25H41N10O18P3S. The Balaban J connectivity index is 1.47. The largest absolute Gasteiger partial charge is 0.481 e. The van der Waals surface area contributed by atoms with Gasteiger partial charge >= 0.3 is 23.5 Å². The van der Waals surface area contributed by atoms with E-state index in [9.17, 15) is 63.0 Å². The van der Waals surface area contributed by atoms with E-state index in [2.05, 4.69) is 44.4 Å². The number of amides is 2. The molecule has 11 N–H and O–H groups in total. The Bertz CT molecular complexity index is 1930. The molecule has 1 aliphatic rings. The van der Waals surface area contributed by atoms with Crippen LogP contribution in [0, 0.1) is 5.41 Å². The predicted octanol–water partition coefficient (Wildman–Crippen LogP) is -1.27. The van der Waals surface area contributed by atoms with Gasteiger partial charge in [0, 0.05) is 42.0 Å². The molecule has 3 heterocycles. The number of ether oxygens (including phenoxy) is 1. The Hall–Kier alpha value is -3.17. The Morgan fingerprint density at radius 2 is 1.79 bits per heavy atom. The van der Waals surface area contributed by atoms with Gasteiger partial charge in [-0.15, -0.1) is 0 Å². The summed E-state index contributed by atoms with van der Waals surface area (Å²) in [5, 5.41) is 38.5. The highest BCUT2D eigenvalue weighted by molar-refractivity contribution is 8.13. The third kappa shape index (κ3) is 15.2. The molecular weight excluding hydrogens is 853 g/mol. The first-order chi connectivity index (χ1) is 26.4. The highest BCUT2D eigenvalue weighted by Gasteiger charge is 2.50. The minimum absolute atomic E-state index is 0.0185. The molecule has 0 saturated carbocycles. The standard InChI is InChI=1S/C25H41N10O18P3S/c1-25(2,20(40)23(41)29-4-3-15(37)28-5-6-57-16(38)7-13(36)8-33-34-27)10-50-56(47,48)53-55(45,46)49-9-14-19(52-54(42,43)44)18(39)24(51-14)35-12-32-17-21(26)30-11-31-22(17)35/h11-14,18-20,24,36,39-40H,3-10H2,1-2H3,(H,28,37)(H,29,41)(H,45,46)(H,47,48)(H2,26,30,31)(H2,42,43,44)/t13-,14-,18-,19-,20+,24-/m1/s1. The second kappa shape index (κ2) is 20.7. The zero-order valence-electron chi connectivity index (χ0n) is 29.9. The van der Waals surface area contributed by atoms with Crippen LogP contribution in [-0.4, -0.2) is 140 Å². The number of fused-ring (bicyclic) bond motifs is 1. The lowest BCUT2D eigenvalue weighted by Crippen LogP contribution is -2.46. The number of azide groups is 1. The van der Waals surface area contributed by atoms with Gasteiger partial charge < -0.3 is 56.0 Å². The number of aliphatic hydroxyl groups excluding tert-OH is 3. The van der Waals surface area contributed by atoms with Crippen LogP contribution in [0.1, 0.15) is 32.9 Å². The minimum Gasteiger partial charge on any atom is -0.393 e. The number of hydrogen-bond donors (Lipinski definition) is 10. The number of hydrogen-bond acceptors (Lipinski definition) is 20. The molecule has 2 unspecified atom stereocenters. The Morgan fingerprint density at radius 1 is 1.11 bits per heavy atom. The van der Waals surface area contributed by atoms with Gasteiger partial charge in [0.05, 0.1) is 32.2 Å². The SMILES string of the molecule is CC(C)(COP(=O)(O)OP(=O)(O)OC[C@H]1O[C@@H](n2cnc3c(N)ncnc32)[C@H](O)[C@@H]1OP(=O)(O)O)[C@@H](O)C(=O)NCCC(=O)NCCSC(=O)C[C@@H](O)CN=[N+]=[N-]. The average Bonchev–Trinajstić information content (AvgIpc) is 3.67. The van der Waals surface area contributed by atoms with Gasteiger partial charge in [-0.25, -0.2) is 28.6 Å². The maximum Gasteiger partial charge on any atom is 0.481 e. The molecule has 28 nitrogen and oxygen atoms in total. The number of thioether (sulfide) groups is 1. The molecule has 2 aromatic rings. The van der Waals surface area contributed by atoms with Gasteiger partial charge in [-0.05, 0) is 5.53 Å². The number of anilines is 1. The maximum absolute atomic E-state index is 12.7. The molecule has 57 heavy (non-hydrogen) atoms. The summed E-state index contributed by atoms with van der Waals surface area (Å²) in [6, 6.07) is 0. The number of phosphoric acid groups is 3. The van der Waals surface area contributed by atoms with Crippen LogP contribution in [0.4, 0.5) is 5.82 Å². The van der Waals surface area contributed by atoms with Crippen molar-refractivity contribution < 1.29 is 85.6 Å². The van der Waals surface area contributed by atoms with Crippen molar-refractivity contribution in [1.82, 2.24) is 30.2 Å². The number of aliphatic hydroxyl groups is 3. The van der Waals surface area contributed by atoms with Crippen LogP contribution in [-0.2, 0) is 50.7 Å². The van der Waals surface area contributed by atoms with Crippen LogP contribution in [0.2, 0.25) is 0 Å². The molecule has 2 amide bonds. The van der Waals surface area contributed by atoms with Crippen molar-refractivity contribution in [3.63, 3.8) is 0 Å². The second-order valence-corrected chi connectivity index (χ2v) is 17.9. The smallest absolute Gasteiger partial charge is 0.393 e. The molecule has 0 aromatic carbocycles. The van der Waals surface area contributed by atoms with Crippen LogP contribution in [0.15, 0.2) is 17.8 Å². The van der Waals surface area contributed by atoms with Crippen molar-refractivity contribution in [1.29, 1.82) is 0 Å². The molecule has 0 spiro atoms. The van der Waals surface area contributed by atoms with Crippen molar-refractivity contribution in [2.45, 2.75) is 63.4 Å². The summed E-state index contributed by atoms with van der Waals surface area (Å²) in [7, 11) is -16.5. The number of nitrogens with zero attached hydrogens (tertiary/aromatic N) is 7. The molecule has 1 saturated heterocycles. The van der Waals surface area contributed by atoms with E-state index in [-0.39, 0.29) is 60.3 Å². The zero-order chi connectivity index (χ0) is 42.8. The Morgan fingerprint density at radius 3 is 2.46 bits per heavy atom. The van der Waals surface area contributed by atoms with Crippen molar-refractivity contribution in [2.75, 3.05) is 44.3 Å². The van der Waals surface area contributed by atoms with Crippen LogP contribution in [0.5, 0.6) is 0 Å². The molecule has 32 heteroatoms. The predicted molar refractivity (Wildman–Crippen MR) is 192 cm³/mol. The quantitative estimate of drug-likeness (QED) is 0.0204. The summed E-state index contributed by atoms with van der Waals surface area (Å²) in [5.41, 5.74) is 12.4. The zero-order valence-corrected chi connectivity index (χ0v) is 33.4. The molecule has 320 valence electrons. The van der Waals surface area contributed by atoms with Crippen molar-refractivity contribution >= 4 is 69.1 Å². The highest BCUT2D eigenvalue weighted by Crippen LogP contribution is 2.61. The molecule has 1 fully saturated rings. The van der Waals surface area contributed by atoms with Crippen LogP contribution < -0.4 is 16.4 Å². The monoisotopic (exact) mass is 894 g/mol. The van der Waals surface area contributed by atoms with Crippen LogP contribution in [0.3, 0.4) is 0 Å². The third-order valence-electron chi connectivity index (χ3n) is 7.52. The van der Waals surface area contributed by atoms with E-state index in [0.717, 1.165) is 29.0 Å². The number of nitrogen functional groups attached to an aromatic ring is 1. The molecule has 1 aliphatic heterocycles. The molecule has 0 radical (unpaired) electrons. The minimum atomic E-state index is -5.59. The number of carbonyl (C=O) groups is 3. The topological polar surface area (TPSA) is 433 Å². The number of imidazole rings is 1. The molecule has 2 aromatic heterocycles. The number of rotatable bonds is 23. The van der Waals surface area contributed by atoms with Gasteiger partial charge in [0.25, 0.3) is 0 Å². The summed E-state index contributed by atoms with van der Waals surface area (Å²) in [6.07, 6.45) is -8.49. The van der Waals surface area contributed by atoms with E-state index in [1.165, 1.54) is 13.8 Å². The lowest BCUT2D eigenvalue weighted by atomic mass is 9.87. The van der Waals surface area contributed by atoms with Crippen molar-refractivity contribution in [3.8, 4) is 0 Å². The average molecular weight is 895 g/mol. The van der Waals surface area contributed by atoms with E-state index < -0.39 is 90.7 Å². The third-order valence-corrected chi connectivity index (χ3v) is 11.5. The van der Waals surface area contributed by atoms with E-state index >= 15 is 0 Å². The first-order valence-electron chi connectivity index (χ1n) is 16.2. The van der Waals surface area contributed by atoms with E-state index in [0.29, 0.717) is 0 Å². The fraction of sp³-hybridized carbons (Fsp3) is 0.680. The van der Waals surface area contributed by atoms with Gasteiger partial charge in [-0.2, -0.15) is 4.31 Å². The number of aromatic nitrogens is 4. The number of nitrogens with two attached hydrogens (primary N) is 1. The highest BCUT2D eigenvalue weighted by atomic mass is 32.2. The normalized spacial score (nSPS) is 21.8. The lowest BCUT2D eigenvalue weighted by molar-refractivity contribution is -0.137. The van der Waals surface area contributed by atoms with E-state index in [1.807, 2.05) is 0 Å². The molecule has 3 rings (SSSR count). The summed E-state index contributed by atoms with van der Waals surface area (Å²) >= 11 is 0.837. The van der Waals surface area contributed by atoms with Crippen molar-refractivity contribution in [3.05, 3.63) is 23.1 Å². The molecule has 8 atom stereocenters. The number of nitrogens with one attached hydrogen (secondary N) is 2. The number of phosphoric ester groups is 3. The second-order valence-electron chi connectivity index (χ2n) is 12.6. The van der Waals surface area contributed by atoms with Crippen LogP contribution in [0.25, 0.3) is 21.6 Å². The first-order valence-corrected chi connectivity index (χ1v) is 21.7. The van der Waals surface area contributed by atoms with Gasteiger partial charge in [0.2, 0.25) is 11.8 Å². The van der Waals surface area contributed by atoms with E-state index in [4.69, 9.17) is 25.0 Å². The van der Waals surface area contributed by atoms with E-state index in [1.54, 1.807) is 0 Å². The van der Waals surface area contributed by atoms with Gasteiger partial charge in [0.15, 0.2) is 22.8 Å². The molecule has 0 aliphatic carbocycles. The fourth-order valence-corrected chi connectivity index (χ4v) is 8.31. The number of carbonyl (C=O) groups excluding carboxylic acids is 3. The van der Waals surface area contributed by atoms with Crippen molar-refractivity contribution in [2.24, 2.45) is 10.5 Å². The Kier molecular flexibility index (Phi) is 17.5. The molecule has 0 bridgehead atoms. The first kappa shape index (κ1) is 48.2. The summed E-state index contributed by atoms with van der Waals surface area (Å²) in [6.45, 7) is -0.0773.